The third kappa shape index (κ3) is 2.62. The molecule has 5 nitrogen and oxygen atoms in total. The van der Waals surface area contributed by atoms with E-state index in [4.69, 9.17) is 0 Å². The van der Waals surface area contributed by atoms with E-state index in [0.717, 1.165) is 18.9 Å². The maximum absolute atomic E-state index is 12.9. The maximum Gasteiger partial charge on any atom is 0.435 e. The van der Waals surface area contributed by atoms with Crippen LogP contribution in [0.25, 0.3) is 0 Å². The molecule has 8 heteroatoms. The number of fused-ring (bicyclic) bond motifs is 1. The molecule has 0 radical (unpaired) electrons. The summed E-state index contributed by atoms with van der Waals surface area (Å²) in [5.41, 5.74) is -0.956. The predicted octanol–water partition coefficient (Wildman–Crippen LogP) is 2.08. The van der Waals surface area contributed by atoms with Crippen LogP contribution in [0.1, 0.15) is 47.9 Å². The smallest absolute Gasteiger partial charge is 0.393 e. The van der Waals surface area contributed by atoms with Crippen molar-refractivity contribution in [2.75, 3.05) is 13.1 Å². The zero-order valence-electron chi connectivity index (χ0n) is 12.5. The minimum atomic E-state index is -4.54. The van der Waals surface area contributed by atoms with Gasteiger partial charge in [-0.05, 0) is 37.5 Å². The number of halogens is 3. The Morgan fingerprint density at radius 3 is 2.35 bits per heavy atom. The largest absolute Gasteiger partial charge is 0.435 e. The molecule has 0 bridgehead atoms. The van der Waals surface area contributed by atoms with Crippen molar-refractivity contribution in [1.82, 2.24) is 14.7 Å². The first kappa shape index (κ1) is 15.0. The van der Waals surface area contributed by atoms with Crippen molar-refractivity contribution >= 4 is 5.91 Å². The molecular formula is C15H18F3N3O2. The molecule has 4 rings (SSSR count). The number of aromatic nitrogens is 2. The van der Waals surface area contributed by atoms with E-state index in [1.54, 1.807) is 4.90 Å². The van der Waals surface area contributed by atoms with Gasteiger partial charge in [-0.3, -0.25) is 9.48 Å². The van der Waals surface area contributed by atoms with Crippen molar-refractivity contribution < 1.29 is 23.1 Å². The van der Waals surface area contributed by atoms with Crippen LogP contribution >= 0.6 is 0 Å². The molecule has 1 aromatic rings. The van der Waals surface area contributed by atoms with Crippen molar-refractivity contribution in [1.29, 1.82) is 0 Å². The number of rotatable bonds is 2. The molecule has 2 aliphatic carbocycles. The average Bonchev–Trinajstić information content (AvgIpc) is 2.91. The van der Waals surface area contributed by atoms with E-state index in [0.29, 0.717) is 25.9 Å². The van der Waals surface area contributed by atoms with Crippen molar-refractivity contribution in [3.05, 3.63) is 17.5 Å². The minimum Gasteiger partial charge on any atom is -0.393 e. The van der Waals surface area contributed by atoms with E-state index in [1.165, 1.54) is 4.68 Å². The minimum absolute atomic E-state index is 0.0420. The lowest BCUT2D eigenvalue weighted by molar-refractivity contribution is -0.141. The van der Waals surface area contributed by atoms with E-state index in [1.807, 2.05) is 0 Å². The van der Waals surface area contributed by atoms with Crippen LogP contribution in [0, 0.1) is 11.8 Å². The van der Waals surface area contributed by atoms with Crippen LogP contribution < -0.4 is 0 Å². The number of hydrogen-bond acceptors (Lipinski definition) is 3. The molecule has 1 aliphatic heterocycles. The molecular weight excluding hydrogens is 311 g/mol. The monoisotopic (exact) mass is 329 g/mol. The fraction of sp³-hybridized carbons (Fsp3) is 0.733. The summed E-state index contributed by atoms with van der Waals surface area (Å²) in [6, 6.07) is 0.790. The molecule has 0 spiro atoms. The predicted molar refractivity (Wildman–Crippen MR) is 73.6 cm³/mol. The van der Waals surface area contributed by atoms with Crippen LogP contribution in [0.2, 0.25) is 0 Å². The van der Waals surface area contributed by atoms with Crippen LogP contribution in [0.15, 0.2) is 6.07 Å². The third-order valence-corrected chi connectivity index (χ3v) is 5.15. The molecule has 0 aromatic carbocycles. The molecule has 1 aromatic heterocycles. The molecule has 126 valence electrons. The number of aliphatic hydroxyl groups excluding tert-OH is 1. The normalized spacial score (nSPS) is 30.8. The van der Waals surface area contributed by atoms with Crippen LogP contribution in [0.5, 0.6) is 0 Å². The Labute approximate surface area is 131 Å². The molecule has 1 unspecified atom stereocenters. The molecule has 3 atom stereocenters. The van der Waals surface area contributed by atoms with E-state index < -0.39 is 11.9 Å². The standard InChI is InChI=1S/C15H18F3N3O2/c16-15(17,18)13-5-12(21(19-13)10-1-2-10)14(23)20-6-8-3-11(22)4-9(8)7-20/h5,8-11,22H,1-4,6-7H2/t8-,9+,11?. The van der Waals surface area contributed by atoms with Crippen molar-refractivity contribution in [2.45, 2.75) is 44.0 Å². The Balaban J connectivity index is 1.58. The number of carbonyl (C=O) groups is 1. The first-order chi connectivity index (χ1) is 10.8. The topological polar surface area (TPSA) is 58.4 Å². The van der Waals surface area contributed by atoms with Gasteiger partial charge in [0.25, 0.3) is 5.91 Å². The molecule has 1 amide bonds. The summed E-state index contributed by atoms with van der Waals surface area (Å²) in [4.78, 5) is 14.3. The van der Waals surface area contributed by atoms with Crippen LogP contribution in [-0.2, 0) is 6.18 Å². The van der Waals surface area contributed by atoms with E-state index >= 15 is 0 Å². The van der Waals surface area contributed by atoms with E-state index in [9.17, 15) is 23.1 Å². The lowest BCUT2D eigenvalue weighted by atomic mass is 10.0. The quantitative estimate of drug-likeness (QED) is 0.904. The number of aliphatic hydroxyl groups is 1. The summed E-state index contributed by atoms with van der Waals surface area (Å²) in [7, 11) is 0. The van der Waals surface area contributed by atoms with Gasteiger partial charge in [-0.25, -0.2) is 0 Å². The van der Waals surface area contributed by atoms with Gasteiger partial charge in [0.15, 0.2) is 5.69 Å². The Kier molecular flexibility index (Phi) is 3.23. The van der Waals surface area contributed by atoms with Crippen molar-refractivity contribution in [3.8, 4) is 0 Å². The van der Waals surface area contributed by atoms with E-state index in [-0.39, 0.29) is 35.6 Å². The first-order valence-corrected chi connectivity index (χ1v) is 7.97. The highest BCUT2D eigenvalue weighted by molar-refractivity contribution is 5.93. The van der Waals surface area contributed by atoms with E-state index in [2.05, 4.69) is 5.10 Å². The number of amides is 1. The van der Waals surface area contributed by atoms with Gasteiger partial charge < -0.3 is 10.0 Å². The highest BCUT2D eigenvalue weighted by Gasteiger charge is 2.44. The summed E-state index contributed by atoms with van der Waals surface area (Å²) in [5.74, 6) is 0.144. The van der Waals surface area contributed by atoms with Gasteiger partial charge in [0.2, 0.25) is 0 Å². The number of carbonyl (C=O) groups excluding carboxylic acids is 1. The van der Waals surface area contributed by atoms with Gasteiger partial charge >= 0.3 is 6.18 Å². The number of alkyl halides is 3. The highest BCUT2D eigenvalue weighted by Crippen LogP contribution is 2.41. The summed E-state index contributed by atoms with van der Waals surface area (Å²) in [5, 5.41) is 13.3. The van der Waals surface area contributed by atoms with Gasteiger partial charge in [0, 0.05) is 19.2 Å². The van der Waals surface area contributed by atoms with Crippen LogP contribution in [0.3, 0.4) is 0 Å². The molecule has 1 N–H and O–H groups in total. The fourth-order valence-electron chi connectivity index (χ4n) is 3.89. The van der Waals surface area contributed by atoms with Gasteiger partial charge in [0.1, 0.15) is 5.69 Å². The third-order valence-electron chi connectivity index (χ3n) is 5.15. The molecule has 2 heterocycles. The Hall–Kier alpha value is -1.57. The molecule has 1 saturated heterocycles. The Bertz CT molecular complexity index is 624. The summed E-state index contributed by atoms with van der Waals surface area (Å²) in [6.07, 6.45) is -1.99. The number of nitrogens with zero attached hydrogens (tertiary/aromatic N) is 3. The van der Waals surface area contributed by atoms with Gasteiger partial charge in [0.05, 0.1) is 12.1 Å². The fourth-order valence-corrected chi connectivity index (χ4v) is 3.89. The maximum atomic E-state index is 12.9. The van der Waals surface area contributed by atoms with Crippen LogP contribution in [0.4, 0.5) is 13.2 Å². The summed E-state index contributed by atoms with van der Waals surface area (Å²) < 4.78 is 40.0. The second-order valence-corrected chi connectivity index (χ2v) is 6.94. The molecule has 3 aliphatic rings. The lowest BCUT2D eigenvalue weighted by Gasteiger charge is -2.18. The zero-order chi connectivity index (χ0) is 16.4. The number of likely N-dealkylation sites (tertiary alicyclic amines) is 1. The van der Waals surface area contributed by atoms with Gasteiger partial charge in [-0.2, -0.15) is 18.3 Å². The van der Waals surface area contributed by atoms with Crippen molar-refractivity contribution in [2.24, 2.45) is 11.8 Å². The summed E-state index contributed by atoms with van der Waals surface area (Å²) in [6.45, 7) is 1.02. The molecule has 2 saturated carbocycles. The Morgan fingerprint density at radius 1 is 1.22 bits per heavy atom. The molecule has 23 heavy (non-hydrogen) atoms. The average molecular weight is 329 g/mol. The zero-order valence-corrected chi connectivity index (χ0v) is 12.5. The lowest BCUT2D eigenvalue weighted by Crippen LogP contribution is -2.32. The second kappa shape index (κ2) is 4.96. The second-order valence-electron chi connectivity index (χ2n) is 6.94. The Morgan fingerprint density at radius 2 is 1.83 bits per heavy atom. The molecule has 3 fully saturated rings. The van der Waals surface area contributed by atoms with Gasteiger partial charge in [-0.15, -0.1) is 0 Å². The SMILES string of the molecule is O=C(c1cc(C(F)(F)F)nn1C1CC1)N1C[C@H]2CC(O)C[C@H]2C1. The van der Waals surface area contributed by atoms with Gasteiger partial charge in [-0.1, -0.05) is 0 Å². The van der Waals surface area contributed by atoms with Crippen molar-refractivity contribution in [3.63, 3.8) is 0 Å². The van der Waals surface area contributed by atoms with Crippen LogP contribution in [-0.4, -0.2) is 44.9 Å². The number of hydrogen-bond donors (Lipinski definition) is 1. The first-order valence-electron chi connectivity index (χ1n) is 7.97. The summed E-state index contributed by atoms with van der Waals surface area (Å²) >= 11 is 0. The highest BCUT2D eigenvalue weighted by atomic mass is 19.4.